The number of rotatable bonds is 5. The number of esters is 1. The molecule has 3 heterocycles. The monoisotopic (exact) mass is 359 g/mol. The van der Waals surface area contributed by atoms with E-state index in [2.05, 4.69) is 9.97 Å². The van der Waals surface area contributed by atoms with Crippen LogP contribution >= 0.6 is 0 Å². The van der Waals surface area contributed by atoms with Gasteiger partial charge in [-0.25, -0.2) is 13.6 Å². The summed E-state index contributed by atoms with van der Waals surface area (Å²) in [6, 6.07) is 4.05. The van der Waals surface area contributed by atoms with E-state index in [1.807, 2.05) is 0 Å². The van der Waals surface area contributed by atoms with Gasteiger partial charge < -0.3 is 14.0 Å². The van der Waals surface area contributed by atoms with Crippen molar-refractivity contribution >= 4 is 5.97 Å². The molecule has 0 aliphatic heterocycles. The molecule has 0 aliphatic rings. The van der Waals surface area contributed by atoms with Crippen molar-refractivity contribution < 1.29 is 23.0 Å². The van der Waals surface area contributed by atoms with Crippen molar-refractivity contribution in [1.82, 2.24) is 14.5 Å². The number of aryl methyl sites for hydroxylation is 1. The molecule has 0 bridgehead atoms. The van der Waals surface area contributed by atoms with Crippen molar-refractivity contribution in [3.63, 3.8) is 0 Å². The lowest BCUT2D eigenvalue weighted by atomic mass is 10.1. The Bertz CT molecular complexity index is 957. The number of methoxy groups -OCH3 is 1. The molecule has 0 atom stereocenters. The summed E-state index contributed by atoms with van der Waals surface area (Å²) in [4.78, 5) is 19.5. The highest BCUT2D eigenvalue weighted by molar-refractivity contribution is 5.90. The molecule has 0 aliphatic carbocycles. The maximum absolute atomic E-state index is 13.7. The Morgan fingerprint density at radius 3 is 2.65 bits per heavy atom. The van der Waals surface area contributed by atoms with Gasteiger partial charge in [0.15, 0.2) is 0 Å². The van der Waals surface area contributed by atoms with Gasteiger partial charge in [0.05, 0.1) is 42.7 Å². The Kier molecular flexibility index (Phi) is 4.92. The van der Waals surface area contributed by atoms with Crippen LogP contribution in [0.2, 0.25) is 0 Å². The molecule has 8 heteroatoms. The Morgan fingerprint density at radius 2 is 1.92 bits per heavy atom. The minimum absolute atomic E-state index is 0.0516. The SMILES string of the molecule is COC(=O)c1cc(-c2ncc(F)cc2COc2cncc(F)c2)n(C)c1. The van der Waals surface area contributed by atoms with Crippen LogP contribution in [0.15, 0.2) is 43.0 Å². The first kappa shape index (κ1) is 17.5. The van der Waals surface area contributed by atoms with Crippen LogP contribution in [0.4, 0.5) is 8.78 Å². The molecule has 3 aromatic rings. The normalized spacial score (nSPS) is 10.6. The average molecular weight is 359 g/mol. The van der Waals surface area contributed by atoms with Crippen LogP contribution in [0.1, 0.15) is 15.9 Å². The fraction of sp³-hybridized carbons (Fsp3) is 0.167. The summed E-state index contributed by atoms with van der Waals surface area (Å²) < 4.78 is 38.8. The molecule has 134 valence electrons. The Balaban J connectivity index is 1.93. The molecule has 0 unspecified atom stereocenters. The summed E-state index contributed by atoms with van der Waals surface area (Å²) >= 11 is 0. The molecule has 0 saturated carbocycles. The number of nitrogens with zero attached hydrogens (tertiary/aromatic N) is 3. The second kappa shape index (κ2) is 7.30. The fourth-order valence-corrected chi connectivity index (χ4v) is 2.48. The van der Waals surface area contributed by atoms with Crippen molar-refractivity contribution in [2.24, 2.45) is 7.05 Å². The average Bonchev–Trinajstić information content (AvgIpc) is 3.01. The third-order valence-corrected chi connectivity index (χ3v) is 3.68. The molecule has 0 saturated heterocycles. The predicted octanol–water partition coefficient (Wildman–Crippen LogP) is 3.13. The zero-order valence-corrected chi connectivity index (χ0v) is 14.1. The molecule has 3 rings (SSSR count). The summed E-state index contributed by atoms with van der Waals surface area (Å²) in [5.74, 6) is -1.35. The maximum atomic E-state index is 13.7. The van der Waals surface area contributed by atoms with Gasteiger partial charge in [-0.05, 0) is 12.1 Å². The summed E-state index contributed by atoms with van der Waals surface area (Å²) in [5.41, 5.74) is 1.80. The van der Waals surface area contributed by atoms with Crippen molar-refractivity contribution in [2.45, 2.75) is 6.61 Å². The number of carbonyl (C=O) groups excluding carboxylic acids is 1. The van der Waals surface area contributed by atoms with Gasteiger partial charge in [-0.1, -0.05) is 0 Å². The minimum atomic E-state index is -0.537. The first-order valence-corrected chi connectivity index (χ1v) is 7.60. The van der Waals surface area contributed by atoms with E-state index in [4.69, 9.17) is 9.47 Å². The molecule has 0 fully saturated rings. The molecule has 26 heavy (non-hydrogen) atoms. The highest BCUT2D eigenvalue weighted by Crippen LogP contribution is 2.25. The highest BCUT2D eigenvalue weighted by Gasteiger charge is 2.17. The van der Waals surface area contributed by atoms with Gasteiger partial charge in [0, 0.05) is 24.9 Å². The van der Waals surface area contributed by atoms with Crippen LogP contribution in [-0.4, -0.2) is 27.6 Å². The fourth-order valence-electron chi connectivity index (χ4n) is 2.48. The van der Waals surface area contributed by atoms with Gasteiger partial charge in [0.2, 0.25) is 0 Å². The van der Waals surface area contributed by atoms with E-state index >= 15 is 0 Å². The van der Waals surface area contributed by atoms with Crippen LogP contribution in [0.3, 0.4) is 0 Å². The Morgan fingerprint density at radius 1 is 1.15 bits per heavy atom. The number of hydrogen-bond acceptors (Lipinski definition) is 5. The Hall–Kier alpha value is -3.29. The summed E-state index contributed by atoms with van der Waals surface area (Å²) in [6.45, 7) is -0.0516. The molecular formula is C18H15F2N3O3. The van der Waals surface area contributed by atoms with Crippen LogP contribution in [0.25, 0.3) is 11.4 Å². The summed E-state index contributed by atoms with van der Waals surface area (Å²) in [5, 5.41) is 0. The van der Waals surface area contributed by atoms with E-state index in [1.54, 1.807) is 23.9 Å². The molecule has 0 radical (unpaired) electrons. The second-order valence-electron chi connectivity index (χ2n) is 5.51. The van der Waals surface area contributed by atoms with E-state index in [9.17, 15) is 13.6 Å². The lowest BCUT2D eigenvalue weighted by Crippen LogP contribution is -2.03. The van der Waals surface area contributed by atoms with Gasteiger partial charge in [-0.2, -0.15) is 0 Å². The highest BCUT2D eigenvalue weighted by atomic mass is 19.1. The molecule has 0 aromatic carbocycles. The van der Waals surface area contributed by atoms with Crippen molar-refractivity contribution in [2.75, 3.05) is 7.11 Å². The molecule has 6 nitrogen and oxygen atoms in total. The van der Waals surface area contributed by atoms with E-state index < -0.39 is 17.6 Å². The molecule has 0 amide bonds. The van der Waals surface area contributed by atoms with Crippen molar-refractivity contribution in [1.29, 1.82) is 0 Å². The van der Waals surface area contributed by atoms with Crippen LogP contribution < -0.4 is 4.74 Å². The topological polar surface area (TPSA) is 66.2 Å². The van der Waals surface area contributed by atoms with Gasteiger partial charge in [0.25, 0.3) is 0 Å². The van der Waals surface area contributed by atoms with Gasteiger partial charge in [-0.15, -0.1) is 0 Å². The Labute approximate surface area is 148 Å². The van der Waals surface area contributed by atoms with E-state index in [0.29, 0.717) is 22.5 Å². The lowest BCUT2D eigenvalue weighted by molar-refractivity contribution is 0.0600. The third-order valence-electron chi connectivity index (χ3n) is 3.68. The van der Waals surface area contributed by atoms with Crippen molar-refractivity contribution in [3.05, 3.63) is 65.7 Å². The quantitative estimate of drug-likeness (QED) is 0.655. The molecule has 0 spiro atoms. The van der Waals surface area contributed by atoms with Gasteiger partial charge in [-0.3, -0.25) is 9.97 Å². The van der Waals surface area contributed by atoms with Crippen LogP contribution in [0, 0.1) is 11.6 Å². The third kappa shape index (κ3) is 3.69. The zero-order valence-electron chi connectivity index (χ0n) is 14.1. The van der Waals surface area contributed by atoms with E-state index in [-0.39, 0.29) is 12.4 Å². The van der Waals surface area contributed by atoms with Crippen LogP contribution in [-0.2, 0) is 18.4 Å². The summed E-state index contributed by atoms with van der Waals surface area (Å²) in [6.07, 6.45) is 5.08. The predicted molar refractivity (Wildman–Crippen MR) is 88.5 cm³/mol. The number of ether oxygens (including phenoxy) is 2. The molecule has 0 N–H and O–H groups in total. The number of halogens is 2. The minimum Gasteiger partial charge on any atom is -0.487 e. The van der Waals surface area contributed by atoms with Crippen LogP contribution in [0.5, 0.6) is 5.75 Å². The van der Waals surface area contributed by atoms with Gasteiger partial charge >= 0.3 is 5.97 Å². The van der Waals surface area contributed by atoms with E-state index in [0.717, 1.165) is 12.4 Å². The largest absolute Gasteiger partial charge is 0.487 e. The molecule has 3 aromatic heterocycles. The smallest absolute Gasteiger partial charge is 0.339 e. The number of hydrogen-bond donors (Lipinski definition) is 0. The first-order chi connectivity index (χ1) is 12.5. The van der Waals surface area contributed by atoms with Gasteiger partial charge in [0.1, 0.15) is 24.0 Å². The first-order valence-electron chi connectivity index (χ1n) is 7.60. The lowest BCUT2D eigenvalue weighted by Gasteiger charge is -2.11. The van der Waals surface area contributed by atoms with Crippen molar-refractivity contribution in [3.8, 4) is 17.1 Å². The standard InChI is InChI=1S/C18H15F2N3O3/c1-23-9-11(18(24)25-2)4-16(23)17-12(3-13(19)7-22-17)10-26-15-5-14(20)6-21-8-15/h3-9H,10H2,1-2H3. The zero-order chi connectivity index (χ0) is 18.7. The van der Waals surface area contributed by atoms with E-state index in [1.165, 1.54) is 25.4 Å². The number of pyridine rings is 2. The molecular weight excluding hydrogens is 344 g/mol. The maximum Gasteiger partial charge on any atom is 0.339 e. The number of carbonyl (C=O) groups is 1. The summed E-state index contributed by atoms with van der Waals surface area (Å²) in [7, 11) is 3.02. The second-order valence-corrected chi connectivity index (χ2v) is 5.51. The number of aromatic nitrogens is 3.